The van der Waals surface area contributed by atoms with Gasteiger partial charge in [0.05, 0.1) is 11.7 Å². The fraction of sp³-hybridized carbons (Fsp3) is 0.571. The number of aryl methyl sites for hydroxylation is 1. The van der Waals surface area contributed by atoms with Crippen LogP contribution >= 0.6 is 0 Å². The van der Waals surface area contributed by atoms with E-state index in [1.165, 1.54) is 0 Å². The van der Waals surface area contributed by atoms with Crippen molar-refractivity contribution >= 4 is 22.8 Å². The Morgan fingerprint density at radius 1 is 1.16 bits per heavy atom. The number of fused-ring (bicyclic) bond motifs is 1. The first-order valence-corrected chi connectivity index (χ1v) is 13.8. The molecule has 2 amide bonds. The number of nitrogens with two attached hydrogens (primary N) is 1. The molecule has 3 heterocycles. The largest absolute Gasteiger partial charge is 0.364 e. The smallest absolute Gasteiger partial charge is 0.267 e. The predicted molar refractivity (Wildman–Crippen MR) is 143 cm³/mol. The molecule has 0 bridgehead atoms. The molecule has 1 saturated heterocycles. The highest BCUT2D eigenvalue weighted by molar-refractivity contribution is 5.93. The average Bonchev–Trinajstić information content (AvgIpc) is 3.52. The summed E-state index contributed by atoms with van der Waals surface area (Å²) >= 11 is 0. The number of primary amides is 1. The van der Waals surface area contributed by atoms with Gasteiger partial charge in [-0.1, -0.05) is 25.8 Å². The molecule has 1 atom stereocenters. The number of aromatic nitrogens is 4. The van der Waals surface area contributed by atoms with Gasteiger partial charge in [-0.25, -0.2) is 9.37 Å². The van der Waals surface area contributed by atoms with Gasteiger partial charge in [0.2, 0.25) is 5.91 Å². The van der Waals surface area contributed by atoms with Crippen LogP contribution in [0.3, 0.4) is 0 Å². The topological polar surface area (TPSA) is 113 Å². The lowest BCUT2D eigenvalue weighted by molar-refractivity contribution is -0.130. The van der Waals surface area contributed by atoms with Gasteiger partial charge >= 0.3 is 0 Å². The summed E-state index contributed by atoms with van der Waals surface area (Å²) in [5, 5.41) is 4.45. The van der Waals surface area contributed by atoms with E-state index in [4.69, 9.17) is 10.7 Å². The molecule has 1 saturated carbocycles. The second kappa shape index (κ2) is 10.8. The van der Waals surface area contributed by atoms with Crippen molar-refractivity contribution in [1.29, 1.82) is 0 Å². The molecule has 0 spiro atoms. The van der Waals surface area contributed by atoms with Crippen LogP contribution in [0.25, 0.3) is 11.0 Å². The summed E-state index contributed by atoms with van der Waals surface area (Å²) in [4.78, 5) is 36.3. The molecule has 3 aromatic rings. The molecule has 3 N–H and O–H groups in total. The zero-order chi connectivity index (χ0) is 27.0. The van der Waals surface area contributed by atoms with Crippen LogP contribution in [0.4, 0.5) is 4.39 Å². The van der Waals surface area contributed by atoms with Crippen molar-refractivity contribution in [2.24, 2.45) is 17.6 Å². The number of imidazole rings is 1. The minimum atomic E-state index is -0.511. The maximum Gasteiger partial charge on any atom is 0.267 e. The average molecular weight is 524 g/mol. The minimum absolute atomic E-state index is 0.0762. The van der Waals surface area contributed by atoms with Gasteiger partial charge in [0.15, 0.2) is 5.82 Å². The van der Waals surface area contributed by atoms with E-state index >= 15 is 4.39 Å². The number of carbonyl (C=O) groups is 2. The van der Waals surface area contributed by atoms with Crippen LogP contribution in [0.1, 0.15) is 79.8 Å². The number of H-pyrrole nitrogens is 1. The molecule has 1 aliphatic carbocycles. The van der Waals surface area contributed by atoms with E-state index in [1.807, 2.05) is 24.0 Å². The zero-order valence-corrected chi connectivity index (χ0v) is 22.5. The molecule has 0 unspecified atom stereocenters. The summed E-state index contributed by atoms with van der Waals surface area (Å²) in [5.41, 5.74) is 8.54. The summed E-state index contributed by atoms with van der Waals surface area (Å²) in [6.07, 6.45) is 5.94. The molecule has 2 aromatic heterocycles. The number of carbonyl (C=O) groups excluding carboxylic acids is 2. The number of amides is 2. The van der Waals surface area contributed by atoms with E-state index in [0.29, 0.717) is 73.3 Å². The Balaban J connectivity index is 1.48. The van der Waals surface area contributed by atoms with E-state index in [2.05, 4.69) is 21.9 Å². The number of nitrogens with zero attached hydrogens (tertiary/aromatic N) is 5. The van der Waals surface area contributed by atoms with Gasteiger partial charge in [0, 0.05) is 63.2 Å². The lowest BCUT2D eigenvalue weighted by Gasteiger charge is -2.34. The number of benzene rings is 1. The van der Waals surface area contributed by atoms with Crippen molar-refractivity contribution < 1.29 is 14.0 Å². The van der Waals surface area contributed by atoms with Crippen LogP contribution in [-0.2, 0) is 17.9 Å². The Morgan fingerprint density at radius 3 is 2.50 bits per heavy atom. The summed E-state index contributed by atoms with van der Waals surface area (Å²) < 4.78 is 17.4. The minimum Gasteiger partial charge on any atom is -0.364 e. The molecule has 5 rings (SSSR count). The summed E-state index contributed by atoms with van der Waals surface area (Å²) in [6, 6.07) is 3.71. The Morgan fingerprint density at radius 2 is 1.87 bits per heavy atom. The number of nitrogens with one attached hydrogen (secondary N) is 1. The number of aromatic amines is 1. The Kier molecular flexibility index (Phi) is 7.52. The standard InChI is InChI=1S/C28H38FN7O2/c1-4-36-26(27(30)38)21(15-31-36)23(19-7-5-17(2)6-8-19)28-32-22-10-9-20(24(29)25(22)33-28)16-34-11-13-35(14-12-34)18(3)37/h9-10,15,17,19,23H,4-8,11-14,16H2,1-3H3,(H2,30,38)(H,32,33)/t17?,19?,23-/m0/s1. The molecule has 2 fully saturated rings. The molecule has 0 radical (unpaired) electrons. The second-order valence-electron chi connectivity index (χ2n) is 11.0. The molecule has 204 valence electrons. The zero-order valence-electron chi connectivity index (χ0n) is 22.5. The fourth-order valence-corrected chi connectivity index (χ4v) is 6.21. The SMILES string of the molecule is CCn1ncc([C@@H](c2nc3c(F)c(CN4CCN(C(C)=O)CC4)ccc3[nH]2)C2CCC(C)CC2)c1C(N)=O. The van der Waals surface area contributed by atoms with Crippen molar-refractivity contribution in [2.45, 2.75) is 65.5 Å². The maximum absolute atomic E-state index is 15.8. The van der Waals surface area contributed by atoms with Crippen LogP contribution < -0.4 is 5.73 Å². The van der Waals surface area contributed by atoms with Crippen molar-refractivity contribution in [3.63, 3.8) is 0 Å². The van der Waals surface area contributed by atoms with Crippen molar-refractivity contribution in [1.82, 2.24) is 29.5 Å². The molecule has 1 aliphatic heterocycles. The first kappa shape index (κ1) is 26.3. The van der Waals surface area contributed by atoms with Gasteiger partial charge in [-0.3, -0.25) is 19.2 Å². The molecule has 38 heavy (non-hydrogen) atoms. The van der Waals surface area contributed by atoms with Gasteiger partial charge in [0.1, 0.15) is 17.0 Å². The summed E-state index contributed by atoms with van der Waals surface area (Å²) in [6.45, 7) is 9.51. The van der Waals surface area contributed by atoms with Crippen molar-refractivity contribution in [2.75, 3.05) is 26.2 Å². The maximum atomic E-state index is 15.8. The van der Waals surface area contributed by atoms with Crippen LogP contribution in [0.2, 0.25) is 0 Å². The van der Waals surface area contributed by atoms with Crippen LogP contribution in [0.15, 0.2) is 18.3 Å². The highest BCUT2D eigenvalue weighted by Gasteiger charge is 2.35. The van der Waals surface area contributed by atoms with Crippen LogP contribution in [0.5, 0.6) is 0 Å². The Bertz CT molecular complexity index is 1320. The number of piperazine rings is 1. The second-order valence-corrected chi connectivity index (χ2v) is 11.0. The third-order valence-electron chi connectivity index (χ3n) is 8.46. The molecular formula is C28H38FN7O2. The first-order valence-electron chi connectivity index (χ1n) is 13.8. The van der Waals surface area contributed by atoms with Crippen molar-refractivity contribution in [3.8, 4) is 0 Å². The monoisotopic (exact) mass is 523 g/mol. The third-order valence-corrected chi connectivity index (χ3v) is 8.46. The number of hydrogen-bond acceptors (Lipinski definition) is 5. The number of rotatable bonds is 7. The van der Waals surface area contributed by atoms with E-state index in [1.54, 1.807) is 17.8 Å². The molecule has 9 nitrogen and oxygen atoms in total. The highest BCUT2D eigenvalue weighted by atomic mass is 19.1. The van der Waals surface area contributed by atoms with Gasteiger partial charge < -0.3 is 15.6 Å². The number of hydrogen-bond donors (Lipinski definition) is 2. The van der Waals surface area contributed by atoms with E-state index in [9.17, 15) is 9.59 Å². The van der Waals surface area contributed by atoms with Gasteiger partial charge in [-0.05, 0) is 37.7 Å². The lowest BCUT2D eigenvalue weighted by Crippen LogP contribution is -2.47. The molecule has 2 aliphatic rings. The Hall–Kier alpha value is -3.27. The van der Waals surface area contributed by atoms with Gasteiger partial charge in [0.25, 0.3) is 5.91 Å². The predicted octanol–water partition coefficient (Wildman–Crippen LogP) is 3.64. The summed E-state index contributed by atoms with van der Waals surface area (Å²) in [5.74, 6) is 0.585. The highest BCUT2D eigenvalue weighted by Crippen LogP contribution is 2.42. The molecular weight excluding hydrogens is 485 g/mol. The molecule has 10 heteroatoms. The van der Waals surface area contributed by atoms with Gasteiger partial charge in [-0.15, -0.1) is 0 Å². The van der Waals surface area contributed by atoms with E-state index < -0.39 is 5.91 Å². The summed E-state index contributed by atoms with van der Waals surface area (Å²) in [7, 11) is 0. The third kappa shape index (κ3) is 5.06. The van der Waals surface area contributed by atoms with E-state index in [-0.39, 0.29) is 23.6 Å². The van der Waals surface area contributed by atoms with Crippen LogP contribution in [-0.4, -0.2) is 67.5 Å². The van der Waals surface area contributed by atoms with E-state index in [0.717, 1.165) is 31.2 Å². The number of halogens is 1. The quantitative estimate of drug-likeness (QED) is 0.491. The van der Waals surface area contributed by atoms with Gasteiger partial charge in [-0.2, -0.15) is 5.10 Å². The fourth-order valence-electron chi connectivity index (χ4n) is 6.21. The van der Waals surface area contributed by atoms with Crippen molar-refractivity contribution in [3.05, 3.63) is 46.8 Å². The first-order chi connectivity index (χ1) is 18.3. The normalized spacial score (nSPS) is 21.6. The Labute approximate surface area is 222 Å². The van der Waals surface area contributed by atoms with Crippen LogP contribution in [0, 0.1) is 17.7 Å². The lowest BCUT2D eigenvalue weighted by atomic mass is 9.73. The molecule has 1 aromatic carbocycles.